The van der Waals surface area contributed by atoms with Crippen molar-refractivity contribution in [2.24, 2.45) is 0 Å². The average Bonchev–Trinajstić information content (AvgIpc) is 3.30. The minimum atomic E-state index is -0.404. The van der Waals surface area contributed by atoms with E-state index in [-0.39, 0.29) is 5.57 Å². The first-order valence-corrected chi connectivity index (χ1v) is 9.06. The monoisotopic (exact) mass is 412 g/mol. The number of carbonyl (C=O) groups is 1. The number of hydrogen-bond donors (Lipinski definition) is 2. The second-order valence-corrected chi connectivity index (χ2v) is 7.09. The van der Waals surface area contributed by atoms with Crippen molar-refractivity contribution in [2.45, 2.75) is 6.54 Å². The van der Waals surface area contributed by atoms with Gasteiger partial charge in [0, 0.05) is 20.5 Å². The van der Waals surface area contributed by atoms with Gasteiger partial charge in [0.05, 0.1) is 18.4 Å². The van der Waals surface area contributed by atoms with Crippen LogP contribution >= 0.6 is 27.3 Å². The summed E-state index contributed by atoms with van der Waals surface area (Å²) in [6.45, 7) is 0.403. The van der Waals surface area contributed by atoms with Gasteiger partial charge in [-0.3, -0.25) is 9.89 Å². The van der Waals surface area contributed by atoms with E-state index in [4.69, 9.17) is 0 Å². The Morgan fingerprint density at radius 2 is 2.16 bits per heavy atom. The summed E-state index contributed by atoms with van der Waals surface area (Å²) in [5.74, 6) is -0.404. The molecule has 1 aromatic carbocycles. The maximum Gasteiger partial charge on any atom is 0.262 e. The van der Waals surface area contributed by atoms with E-state index >= 15 is 0 Å². The van der Waals surface area contributed by atoms with Crippen molar-refractivity contribution in [3.8, 4) is 17.3 Å². The molecule has 2 heterocycles. The van der Waals surface area contributed by atoms with Gasteiger partial charge in [0.25, 0.3) is 5.91 Å². The van der Waals surface area contributed by atoms with Crippen LogP contribution in [0.25, 0.3) is 17.3 Å². The molecule has 5 nitrogen and oxygen atoms in total. The molecule has 0 radical (unpaired) electrons. The first-order valence-electron chi connectivity index (χ1n) is 7.39. The molecule has 0 aliphatic rings. The number of nitrogens with one attached hydrogen (secondary N) is 2. The minimum absolute atomic E-state index is 0.0383. The van der Waals surface area contributed by atoms with Crippen LogP contribution in [0.1, 0.15) is 10.4 Å². The van der Waals surface area contributed by atoms with E-state index in [1.807, 2.05) is 47.8 Å². The highest BCUT2D eigenvalue weighted by Crippen LogP contribution is 2.24. The number of amides is 1. The highest BCUT2D eigenvalue weighted by Gasteiger charge is 2.12. The number of nitrogens with zero attached hydrogens (tertiary/aromatic N) is 2. The van der Waals surface area contributed by atoms with Gasteiger partial charge in [0.15, 0.2) is 0 Å². The Balaban J connectivity index is 1.81. The molecule has 3 aromatic rings. The Hall–Kier alpha value is -2.69. The molecule has 3 rings (SSSR count). The molecule has 0 fully saturated rings. The Morgan fingerprint density at radius 3 is 2.84 bits per heavy atom. The summed E-state index contributed by atoms with van der Waals surface area (Å²) in [5, 5.41) is 21.0. The number of aromatic amines is 1. The average molecular weight is 413 g/mol. The zero-order valence-electron chi connectivity index (χ0n) is 13.0. The van der Waals surface area contributed by atoms with Crippen LogP contribution in [0.3, 0.4) is 0 Å². The first-order chi connectivity index (χ1) is 12.2. The maximum absolute atomic E-state index is 12.3. The van der Waals surface area contributed by atoms with Crippen molar-refractivity contribution in [3.05, 3.63) is 68.5 Å². The molecule has 0 aliphatic heterocycles. The summed E-state index contributed by atoms with van der Waals surface area (Å²) in [5.41, 5.74) is 2.40. The molecule has 7 heteroatoms. The highest BCUT2D eigenvalue weighted by atomic mass is 79.9. The molecular formula is C18H13BrN4OS. The third-order valence-corrected chi connectivity index (χ3v) is 4.87. The van der Waals surface area contributed by atoms with Gasteiger partial charge < -0.3 is 5.32 Å². The second-order valence-electron chi connectivity index (χ2n) is 5.14. The molecule has 124 valence electrons. The standard InChI is InChI=1S/C18H13BrN4OS/c19-15-5-3-12(4-6-15)17-14(10-22-23-17)8-13(9-20)18(24)21-11-16-2-1-7-25-16/h1-8,10H,11H2,(H,21,24)(H,22,23)/b13-8-. The predicted octanol–water partition coefficient (Wildman–Crippen LogP) is 4.12. The Morgan fingerprint density at radius 1 is 1.36 bits per heavy atom. The molecule has 1 amide bonds. The Kier molecular flexibility index (Phi) is 5.43. The third-order valence-electron chi connectivity index (χ3n) is 3.47. The summed E-state index contributed by atoms with van der Waals surface area (Å²) in [6.07, 6.45) is 3.14. The lowest BCUT2D eigenvalue weighted by Crippen LogP contribution is -2.23. The minimum Gasteiger partial charge on any atom is -0.347 e. The summed E-state index contributed by atoms with van der Waals surface area (Å²) in [7, 11) is 0. The smallest absolute Gasteiger partial charge is 0.262 e. The number of carbonyl (C=O) groups excluding carboxylic acids is 1. The number of thiophene rings is 1. The van der Waals surface area contributed by atoms with E-state index in [1.165, 1.54) is 0 Å². The molecule has 25 heavy (non-hydrogen) atoms. The van der Waals surface area contributed by atoms with E-state index in [0.29, 0.717) is 12.1 Å². The lowest BCUT2D eigenvalue weighted by molar-refractivity contribution is -0.117. The largest absolute Gasteiger partial charge is 0.347 e. The van der Waals surface area contributed by atoms with Gasteiger partial charge >= 0.3 is 0 Å². The molecule has 0 saturated heterocycles. The lowest BCUT2D eigenvalue weighted by Gasteiger charge is -2.03. The predicted molar refractivity (Wildman–Crippen MR) is 101 cm³/mol. The quantitative estimate of drug-likeness (QED) is 0.488. The van der Waals surface area contributed by atoms with Crippen molar-refractivity contribution in [2.75, 3.05) is 0 Å². The van der Waals surface area contributed by atoms with Crippen molar-refractivity contribution >= 4 is 39.2 Å². The number of benzene rings is 1. The molecular weight excluding hydrogens is 400 g/mol. The fraction of sp³-hybridized carbons (Fsp3) is 0.0556. The molecule has 0 aliphatic carbocycles. The summed E-state index contributed by atoms with van der Waals surface area (Å²) in [4.78, 5) is 13.3. The molecule has 0 spiro atoms. The Labute approximate surface area is 157 Å². The number of hydrogen-bond acceptors (Lipinski definition) is 4. The van der Waals surface area contributed by atoms with E-state index in [2.05, 4.69) is 31.4 Å². The highest BCUT2D eigenvalue weighted by molar-refractivity contribution is 9.10. The number of H-pyrrole nitrogens is 1. The van der Waals surface area contributed by atoms with Crippen LogP contribution < -0.4 is 5.32 Å². The number of nitriles is 1. The second kappa shape index (κ2) is 7.92. The van der Waals surface area contributed by atoms with Crippen LogP contribution in [0.5, 0.6) is 0 Å². The van der Waals surface area contributed by atoms with Crippen molar-refractivity contribution < 1.29 is 4.79 Å². The van der Waals surface area contributed by atoms with E-state index in [9.17, 15) is 10.1 Å². The van der Waals surface area contributed by atoms with Crippen LogP contribution in [0.4, 0.5) is 0 Å². The van der Waals surface area contributed by atoms with E-state index < -0.39 is 5.91 Å². The van der Waals surface area contributed by atoms with E-state index in [1.54, 1.807) is 23.6 Å². The van der Waals surface area contributed by atoms with Gasteiger partial charge in [-0.15, -0.1) is 11.3 Å². The van der Waals surface area contributed by atoms with Crippen LogP contribution in [-0.4, -0.2) is 16.1 Å². The molecule has 0 unspecified atom stereocenters. The number of halogens is 1. The van der Waals surface area contributed by atoms with Gasteiger partial charge in [-0.05, 0) is 29.7 Å². The molecule has 0 bridgehead atoms. The van der Waals surface area contributed by atoms with E-state index in [0.717, 1.165) is 20.6 Å². The summed E-state index contributed by atoms with van der Waals surface area (Å²) in [6, 6.07) is 13.5. The van der Waals surface area contributed by atoms with Crippen molar-refractivity contribution in [1.29, 1.82) is 5.26 Å². The van der Waals surface area contributed by atoms with Crippen molar-refractivity contribution in [3.63, 3.8) is 0 Å². The maximum atomic E-state index is 12.3. The zero-order chi connectivity index (χ0) is 17.6. The van der Waals surface area contributed by atoms with Crippen LogP contribution in [-0.2, 0) is 11.3 Å². The lowest BCUT2D eigenvalue weighted by atomic mass is 10.1. The number of aromatic nitrogens is 2. The van der Waals surface area contributed by atoms with Gasteiger partial charge in [0.2, 0.25) is 0 Å². The van der Waals surface area contributed by atoms with Gasteiger partial charge in [-0.1, -0.05) is 34.1 Å². The SMILES string of the molecule is N#C/C(=C/c1cn[nH]c1-c1ccc(Br)cc1)C(=O)NCc1cccs1. The molecule has 0 atom stereocenters. The summed E-state index contributed by atoms with van der Waals surface area (Å²) < 4.78 is 0.971. The van der Waals surface area contributed by atoms with Gasteiger partial charge in [0.1, 0.15) is 11.6 Å². The number of rotatable bonds is 5. The third kappa shape index (κ3) is 4.24. The topological polar surface area (TPSA) is 81.6 Å². The fourth-order valence-corrected chi connectivity index (χ4v) is 3.14. The van der Waals surface area contributed by atoms with Gasteiger partial charge in [-0.2, -0.15) is 10.4 Å². The van der Waals surface area contributed by atoms with Gasteiger partial charge in [-0.25, -0.2) is 0 Å². The Bertz CT molecular complexity index is 936. The van der Waals surface area contributed by atoms with Crippen LogP contribution in [0.15, 0.2) is 58.0 Å². The zero-order valence-corrected chi connectivity index (χ0v) is 15.4. The summed E-state index contributed by atoms with van der Waals surface area (Å²) >= 11 is 4.95. The van der Waals surface area contributed by atoms with Crippen LogP contribution in [0, 0.1) is 11.3 Å². The van der Waals surface area contributed by atoms with Crippen LogP contribution in [0.2, 0.25) is 0 Å². The molecule has 2 N–H and O–H groups in total. The first kappa shape index (κ1) is 17.1. The normalized spacial score (nSPS) is 11.1. The molecule has 0 saturated carbocycles. The fourth-order valence-electron chi connectivity index (χ4n) is 2.23. The van der Waals surface area contributed by atoms with Crippen molar-refractivity contribution in [1.82, 2.24) is 15.5 Å². The molecule has 2 aromatic heterocycles.